The molecule has 1 rings (SSSR count). The highest BCUT2D eigenvalue weighted by molar-refractivity contribution is 9.10. The molecule has 0 fully saturated rings. The molecule has 0 aromatic carbocycles. The van der Waals surface area contributed by atoms with Gasteiger partial charge in [0, 0.05) is 16.7 Å². The number of methoxy groups -OCH3 is 1. The molecule has 0 aliphatic heterocycles. The van der Waals surface area contributed by atoms with E-state index in [4.69, 9.17) is 5.11 Å². The summed E-state index contributed by atoms with van der Waals surface area (Å²) in [5, 5.41) is 11.8. The molecule has 1 aromatic rings. The van der Waals surface area contributed by atoms with Gasteiger partial charge in [-0.2, -0.15) is 0 Å². The monoisotopic (exact) mass is 288 g/mol. The quantitative estimate of drug-likeness (QED) is 0.820. The maximum atomic E-state index is 11.5. The average Bonchev–Trinajstić information content (AvgIpc) is 2.30. The van der Waals surface area contributed by atoms with Crippen molar-refractivity contribution in [1.29, 1.82) is 0 Å². The first-order chi connectivity index (χ1) is 7.58. The number of hydrogen-bond donors (Lipinski definition) is 2. The van der Waals surface area contributed by atoms with Crippen LogP contribution >= 0.6 is 15.9 Å². The lowest BCUT2D eigenvalue weighted by atomic mass is 10.2. The van der Waals surface area contributed by atoms with Gasteiger partial charge in [-0.15, -0.1) is 0 Å². The summed E-state index contributed by atoms with van der Waals surface area (Å²) in [6.07, 6.45) is 1.57. The van der Waals surface area contributed by atoms with Gasteiger partial charge in [-0.3, -0.25) is 0 Å². The Labute approximate surface area is 102 Å². The van der Waals surface area contributed by atoms with Gasteiger partial charge in [0.1, 0.15) is 11.4 Å². The summed E-state index contributed by atoms with van der Waals surface area (Å²) in [5.74, 6) is -0.0713. The van der Waals surface area contributed by atoms with Crippen molar-refractivity contribution in [3.8, 4) is 0 Å². The summed E-state index contributed by atoms with van der Waals surface area (Å²) in [7, 11) is 1.31. The summed E-state index contributed by atoms with van der Waals surface area (Å²) in [6, 6.07) is 1.43. The van der Waals surface area contributed by atoms with E-state index in [2.05, 4.69) is 31.0 Å². The molecule has 0 saturated heterocycles. The van der Waals surface area contributed by atoms with Crippen molar-refractivity contribution >= 4 is 27.7 Å². The van der Waals surface area contributed by atoms with E-state index in [9.17, 15) is 4.79 Å². The fourth-order valence-corrected chi connectivity index (χ4v) is 1.43. The summed E-state index contributed by atoms with van der Waals surface area (Å²) in [5.41, 5.74) is 0.331. The first-order valence-corrected chi connectivity index (χ1v) is 5.49. The molecule has 1 heterocycles. The Morgan fingerprint density at radius 3 is 3.00 bits per heavy atom. The minimum absolute atomic E-state index is 0.0433. The number of nitrogens with one attached hydrogen (secondary N) is 1. The minimum Gasteiger partial charge on any atom is -0.465 e. The number of aromatic nitrogens is 1. The molecule has 1 atom stereocenters. The fourth-order valence-electron chi connectivity index (χ4n) is 1.10. The van der Waals surface area contributed by atoms with Crippen LogP contribution < -0.4 is 5.32 Å². The minimum atomic E-state index is -0.471. The van der Waals surface area contributed by atoms with Crippen LogP contribution in [-0.4, -0.2) is 35.8 Å². The Bertz CT molecular complexity index is 384. The van der Waals surface area contributed by atoms with Gasteiger partial charge >= 0.3 is 5.97 Å². The van der Waals surface area contributed by atoms with Crippen LogP contribution in [0.15, 0.2) is 16.7 Å². The lowest BCUT2D eigenvalue weighted by molar-refractivity contribution is 0.0601. The second-order valence-corrected chi connectivity index (χ2v) is 4.18. The van der Waals surface area contributed by atoms with Crippen LogP contribution in [0.3, 0.4) is 0 Å². The molecule has 6 heteroatoms. The molecule has 0 aliphatic rings. The standard InChI is InChI=1S/C10H13BrN2O3/c1-6(5-14)13-9-8(10(15)16-2)3-7(11)4-12-9/h3-4,6,14H,5H2,1-2H3,(H,12,13). The third-order valence-electron chi connectivity index (χ3n) is 1.92. The number of esters is 1. The topological polar surface area (TPSA) is 71.5 Å². The van der Waals surface area contributed by atoms with Crippen molar-refractivity contribution in [2.75, 3.05) is 19.0 Å². The highest BCUT2D eigenvalue weighted by atomic mass is 79.9. The van der Waals surface area contributed by atoms with E-state index in [1.807, 2.05) is 0 Å². The first-order valence-electron chi connectivity index (χ1n) is 4.69. The summed E-state index contributed by atoms with van der Waals surface area (Å²) in [6.45, 7) is 1.74. The summed E-state index contributed by atoms with van der Waals surface area (Å²) >= 11 is 3.23. The molecule has 1 unspecified atom stereocenters. The van der Waals surface area contributed by atoms with Crippen LogP contribution in [0.1, 0.15) is 17.3 Å². The highest BCUT2D eigenvalue weighted by Crippen LogP contribution is 2.19. The molecule has 5 nitrogen and oxygen atoms in total. The molecule has 88 valence electrons. The molecule has 0 bridgehead atoms. The number of carbonyl (C=O) groups is 1. The van der Waals surface area contributed by atoms with E-state index in [0.29, 0.717) is 15.9 Å². The molecule has 0 aliphatic carbocycles. The van der Waals surface area contributed by atoms with Gasteiger partial charge in [0.15, 0.2) is 0 Å². The molecule has 0 amide bonds. The third kappa shape index (κ3) is 3.18. The van der Waals surface area contributed by atoms with E-state index >= 15 is 0 Å². The van der Waals surface area contributed by atoms with Crippen LogP contribution in [-0.2, 0) is 4.74 Å². The molecule has 1 aromatic heterocycles. The Morgan fingerprint density at radius 1 is 1.75 bits per heavy atom. The van der Waals surface area contributed by atoms with Crippen molar-refractivity contribution in [3.05, 3.63) is 22.3 Å². The van der Waals surface area contributed by atoms with E-state index in [0.717, 1.165) is 0 Å². The molecule has 0 radical (unpaired) electrons. The number of halogens is 1. The number of carbonyl (C=O) groups excluding carboxylic acids is 1. The largest absolute Gasteiger partial charge is 0.465 e. The molecule has 0 spiro atoms. The number of aliphatic hydroxyl groups is 1. The van der Waals surface area contributed by atoms with Gasteiger partial charge in [0.2, 0.25) is 0 Å². The number of pyridine rings is 1. The molecule has 0 saturated carbocycles. The van der Waals surface area contributed by atoms with Crippen LogP contribution in [0.4, 0.5) is 5.82 Å². The predicted octanol–water partition coefficient (Wildman–Crippen LogP) is 1.42. The van der Waals surface area contributed by atoms with Crippen LogP contribution in [0.5, 0.6) is 0 Å². The van der Waals surface area contributed by atoms with Crippen LogP contribution in [0.25, 0.3) is 0 Å². The molecular weight excluding hydrogens is 276 g/mol. The fraction of sp³-hybridized carbons (Fsp3) is 0.400. The Morgan fingerprint density at radius 2 is 2.44 bits per heavy atom. The molecular formula is C10H13BrN2O3. The molecule has 2 N–H and O–H groups in total. The van der Waals surface area contributed by atoms with Crippen molar-refractivity contribution in [1.82, 2.24) is 4.98 Å². The van der Waals surface area contributed by atoms with Gasteiger partial charge in [-0.25, -0.2) is 9.78 Å². The molecule has 16 heavy (non-hydrogen) atoms. The van der Waals surface area contributed by atoms with Gasteiger partial charge in [-0.1, -0.05) is 0 Å². The lowest BCUT2D eigenvalue weighted by Gasteiger charge is -2.14. The van der Waals surface area contributed by atoms with E-state index in [1.54, 1.807) is 19.2 Å². The summed E-state index contributed by atoms with van der Waals surface area (Å²) < 4.78 is 5.33. The second-order valence-electron chi connectivity index (χ2n) is 3.27. The van der Waals surface area contributed by atoms with Gasteiger partial charge < -0.3 is 15.2 Å². The zero-order valence-corrected chi connectivity index (χ0v) is 10.6. The number of aliphatic hydroxyl groups excluding tert-OH is 1. The smallest absolute Gasteiger partial charge is 0.341 e. The van der Waals surface area contributed by atoms with Gasteiger partial charge in [0.25, 0.3) is 0 Å². The van der Waals surface area contributed by atoms with Crippen LogP contribution in [0.2, 0.25) is 0 Å². The normalized spacial score (nSPS) is 12.0. The summed E-state index contributed by atoms with van der Waals surface area (Å²) in [4.78, 5) is 15.5. The SMILES string of the molecule is COC(=O)c1cc(Br)cnc1NC(C)CO. The maximum Gasteiger partial charge on any atom is 0.341 e. The van der Waals surface area contributed by atoms with E-state index < -0.39 is 5.97 Å². The van der Waals surface area contributed by atoms with Crippen molar-refractivity contribution in [2.45, 2.75) is 13.0 Å². The first kappa shape index (κ1) is 12.9. The van der Waals surface area contributed by atoms with Crippen LogP contribution in [0, 0.1) is 0 Å². The Balaban J connectivity index is 3.02. The van der Waals surface area contributed by atoms with Gasteiger partial charge in [0.05, 0.1) is 13.7 Å². The zero-order chi connectivity index (χ0) is 12.1. The van der Waals surface area contributed by atoms with E-state index in [-0.39, 0.29) is 12.6 Å². The number of rotatable bonds is 4. The highest BCUT2D eigenvalue weighted by Gasteiger charge is 2.15. The van der Waals surface area contributed by atoms with Crippen molar-refractivity contribution < 1.29 is 14.6 Å². The number of anilines is 1. The second kappa shape index (κ2) is 5.81. The van der Waals surface area contributed by atoms with Crippen molar-refractivity contribution in [3.63, 3.8) is 0 Å². The average molecular weight is 289 g/mol. The zero-order valence-electron chi connectivity index (χ0n) is 9.03. The number of nitrogens with zero attached hydrogens (tertiary/aromatic N) is 1. The van der Waals surface area contributed by atoms with Gasteiger partial charge in [-0.05, 0) is 28.9 Å². The maximum absolute atomic E-state index is 11.5. The predicted molar refractivity (Wildman–Crippen MR) is 63.4 cm³/mol. The van der Waals surface area contributed by atoms with Crippen molar-refractivity contribution in [2.24, 2.45) is 0 Å². The number of ether oxygens (including phenoxy) is 1. The Kier molecular flexibility index (Phi) is 4.70. The number of hydrogen-bond acceptors (Lipinski definition) is 5. The van der Waals surface area contributed by atoms with E-state index in [1.165, 1.54) is 7.11 Å². The third-order valence-corrected chi connectivity index (χ3v) is 2.35. The lowest BCUT2D eigenvalue weighted by Crippen LogP contribution is -2.22. The Hall–Kier alpha value is -1.14.